The first-order valence-corrected chi connectivity index (χ1v) is 8.14. The number of hydrogen-bond donors (Lipinski definition) is 3. The average Bonchev–Trinajstić information content (AvgIpc) is 2.89. The molecular weight excluding hydrogens is 290 g/mol. The number of hydrogen-bond acceptors (Lipinski definition) is 5. The number of rotatable bonds is 7. The summed E-state index contributed by atoms with van der Waals surface area (Å²) in [4.78, 5) is 4.16. The summed E-state index contributed by atoms with van der Waals surface area (Å²) in [6.07, 6.45) is 4.79. The Morgan fingerprint density at radius 2 is 2.19 bits per heavy atom. The molecule has 0 atom stereocenters. The zero-order chi connectivity index (χ0) is 15.3. The van der Waals surface area contributed by atoms with Crippen molar-refractivity contribution in [2.45, 2.75) is 24.7 Å². The number of anilines is 1. The van der Waals surface area contributed by atoms with Gasteiger partial charge in [-0.1, -0.05) is 0 Å². The highest BCUT2D eigenvalue weighted by molar-refractivity contribution is 7.89. The number of sulfonamides is 1. The van der Waals surface area contributed by atoms with Gasteiger partial charge in [0.2, 0.25) is 10.0 Å². The van der Waals surface area contributed by atoms with Gasteiger partial charge in [0.05, 0.1) is 6.20 Å². The SMILES string of the molecule is CNc1ncccc1S(=O)(=O)NCCCc1cn[nH]c1C. The van der Waals surface area contributed by atoms with E-state index in [1.54, 1.807) is 25.5 Å². The lowest BCUT2D eigenvalue weighted by molar-refractivity contribution is 0.579. The van der Waals surface area contributed by atoms with Crippen LogP contribution in [-0.4, -0.2) is 37.2 Å². The van der Waals surface area contributed by atoms with E-state index in [0.717, 1.165) is 17.7 Å². The van der Waals surface area contributed by atoms with Crippen LogP contribution < -0.4 is 10.0 Å². The second-order valence-electron chi connectivity index (χ2n) is 4.62. The van der Waals surface area contributed by atoms with Crippen molar-refractivity contribution < 1.29 is 8.42 Å². The Balaban J connectivity index is 1.94. The van der Waals surface area contributed by atoms with Gasteiger partial charge in [-0.15, -0.1) is 0 Å². The summed E-state index contributed by atoms with van der Waals surface area (Å²) in [6.45, 7) is 2.31. The van der Waals surface area contributed by atoms with Crippen LogP contribution in [-0.2, 0) is 16.4 Å². The lowest BCUT2D eigenvalue weighted by atomic mass is 10.1. The fraction of sp³-hybridized carbons (Fsp3) is 0.385. The minimum absolute atomic E-state index is 0.159. The van der Waals surface area contributed by atoms with Gasteiger partial charge in [-0.25, -0.2) is 18.1 Å². The highest BCUT2D eigenvalue weighted by Gasteiger charge is 2.18. The van der Waals surface area contributed by atoms with Gasteiger partial charge in [0, 0.05) is 25.5 Å². The molecule has 114 valence electrons. The molecule has 0 aliphatic heterocycles. The number of H-pyrrole nitrogens is 1. The number of aromatic amines is 1. The minimum atomic E-state index is -3.55. The van der Waals surface area contributed by atoms with E-state index >= 15 is 0 Å². The van der Waals surface area contributed by atoms with Crippen LogP contribution in [0.25, 0.3) is 0 Å². The number of nitrogens with one attached hydrogen (secondary N) is 3. The van der Waals surface area contributed by atoms with E-state index in [4.69, 9.17) is 0 Å². The Morgan fingerprint density at radius 1 is 1.38 bits per heavy atom. The summed E-state index contributed by atoms with van der Waals surface area (Å²) < 4.78 is 27.1. The number of pyridine rings is 1. The van der Waals surface area contributed by atoms with Gasteiger partial charge in [0.15, 0.2) is 0 Å². The standard InChI is InChI=1S/C13H19N5O2S/c1-10-11(9-16-18-10)5-3-8-17-21(19,20)12-6-4-7-15-13(12)14-2/h4,6-7,9,17H,3,5,8H2,1-2H3,(H,14,15)(H,16,18). The topological polar surface area (TPSA) is 99.8 Å². The molecule has 0 amide bonds. The minimum Gasteiger partial charge on any atom is -0.372 e. The van der Waals surface area contributed by atoms with E-state index in [1.165, 1.54) is 6.07 Å². The fourth-order valence-electron chi connectivity index (χ4n) is 1.99. The van der Waals surface area contributed by atoms with E-state index in [1.807, 2.05) is 6.92 Å². The van der Waals surface area contributed by atoms with Crippen molar-refractivity contribution in [2.75, 3.05) is 18.9 Å². The molecule has 0 saturated carbocycles. The number of aryl methyl sites for hydroxylation is 2. The smallest absolute Gasteiger partial charge is 0.244 e. The number of nitrogens with zero attached hydrogens (tertiary/aromatic N) is 2. The van der Waals surface area contributed by atoms with E-state index in [2.05, 4.69) is 25.2 Å². The predicted octanol–water partition coefficient (Wildman–Crippen LogP) is 1.07. The normalized spacial score (nSPS) is 11.5. The molecule has 0 spiro atoms. The average molecular weight is 309 g/mol. The molecule has 0 aliphatic rings. The highest BCUT2D eigenvalue weighted by atomic mass is 32.2. The fourth-order valence-corrected chi connectivity index (χ4v) is 3.22. The third kappa shape index (κ3) is 3.79. The largest absolute Gasteiger partial charge is 0.372 e. The Hall–Kier alpha value is -1.93. The van der Waals surface area contributed by atoms with Crippen LogP contribution >= 0.6 is 0 Å². The Labute approximate surface area is 124 Å². The monoisotopic (exact) mass is 309 g/mol. The summed E-state index contributed by atoms with van der Waals surface area (Å²) in [5, 5.41) is 9.58. The van der Waals surface area contributed by atoms with Gasteiger partial charge >= 0.3 is 0 Å². The van der Waals surface area contributed by atoms with Crippen LogP contribution in [0.15, 0.2) is 29.4 Å². The van der Waals surface area contributed by atoms with E-state index in [-0.39, 0.29) is 4.90 Å². The Morgan fingerprint density at radius 3 is 2.86 bits per heavy atom. The zero-order valence-corrected chi connectivity index (χ0v) is 12.9. The highest BCUT2D eigenvalue weighted by Crippen LogP contribution is 2.17. The van der Waals surface area contributed by atoms with Crippen LogP contribution in [0, 0.1) is 6.92 Å². The molecule has 0 bridgehead atoms. The summed E-state index contributed by atoms with van der Waals surface area (Å²) in [7, 11) is -1.91. The molecule has 3 N–H and O–H groups in total. The van der Waals surface area contributed by atoms with Crippen LogP contribution in [0.3, 0.4) is 0 Å². The van der Waals surface area contributed by atoms with Crippen LogP contribution in [0.5, 0.6) is 0 Å². The number of aromatic nitrogens is 3. The molecule has 21 heavy (non-hydrogen) atoms. The molecule has 0 fully saturated rings. The molecule has 0 aliphatic carbocycles. The summed E-state index contributed by atoms with van der Waals surface area (Å²) in [6, 6.07) is 3.13. The molecular formula is C13H19N5O2S. The predicted molar refractivity (Wildman–Crippen MR) is 80.6 cm³/mol. The Bertz CT molecular complexity index is 696. The molecule has 0 aromatic carbocycles. The van der Waals surface area contributed by atoms with Crippen molar-refractivity contribution in [1.29, 1.82) is 0 Å². The molecule has 7 nitrogen and oxygen atoms in total. The molecule has 0 unspecified atom stereocenters. The molecule has 8 heteroatoms. The molecule has 2 heterocycles. The van der Waals surface area contributed by atoms with E-state index < -0.39 is 10.0 Å². The van der Waals surface area contributed by atoms with Crippen molar-refractivity contribution in [3.05, 3.63) is 35.8 Å². The van der Waals surface area contributed by atoms with Gasteiger partial charge in [0.1, 0.15) is 10.7 Å². The zero-order valence-electron chi connectivity index (χ0n) is 12.0. The van der Waals surface area contributed by atoms with Crippen molar-refractivity contribution in [3.63, 3.8) is 0 Å². The summed E-state index contributed by atoms with van der Waals surface area (Å²) >= 11 is 0. The first-order valence-electron chi connectivity index (χ1n) is 6.66. The quantitative estimate of drug-likeness (QED) is 0.664. The lowest BCUT2D eigenvalue weighted by Gasteiger charge is -2.10. The molecule has 0 saturated heterocycles. The third-order valence-corrected chi connectivity index (χ3v) is 4.64. The maximum absolute atomic E-state index is 12.2. The van der Waals surface area contributed by atoms with Gasteiger partial charge in [-0.05, 0) is 37.5 Å². The van der Waals surface area contributed by atoms with Crippen molar-refractivity contribution in [2.24, 2.45) is 0 Å². The second kappa shape index (κ2) is 6.68. The lowest BCUT2D eigenvalue weighted by Crippen LogP contribution is -2.26. The van der Waals surface area contributed by atoms with Gasteiger partial charge in [0.25, 0.3) is 0 Å². The molecule has 0 radical (unpaired) electrons. The maximum Gasteiger partial charge on any atom is 0.244 e. The van der Waals surface area contributed by atoms with Gasteiger partial charge in [-0.3, -0.25) is 5.10 Å². The van der Waals surface area contributed by atoms with Crippen molar-refractivity contribution >= 4 is 15.8 Å². The van der Waals surface area contributed by atoms with E-state index in [0.29, 0.717) is 18.8 Å². The van der Waals surface area contributed by atoms with Crippen molar-refractivity contribution in [3.8, 4) is 0 Å². The molecule has 2 rings (SSSR count). The first-order chi connectivity index (χ1) is 10.0. The summed E-state index contributed by atoms with van der Waals surface area (Å²) in [5.41, 5.74) is 2.12. The van der Waals surface area contributed by atoms with Crippen LogP contribution in [0.2, 0.25) is 0 Å². The van der Waals surface area contributed by atoms with Crippen molar-refractivity contribution in [1.82, 2.24) is 19.9 Å². The third-order valence-electron chi connectivity index (χ3n) is 3.15. The van der Waals surface area contributed by atoms with Gasteiger partial charge < -0.3 is 5.32 Å². The van der Waals surface area contributed by atoms with Crippen LogP contribution in [0.4, 0.5) is 5.82 Å². The second-order valence-corrected chi connectivity index (χ2v) is 6.36. The maximum atomic E-state index is 12.2. The first kappa shape index (κ1) is 15.5. The molecule has 2 aromatic rings. The summed E-state index contributed by atoms with van der Waals surface area (Å²) in [5.74, 6) is 0.343. The van der Waals surface area contributed by atoms with Crippen LogP contribution in [0.1, 0.15) is 17.7 Å². The van der Waals surface area contributed by atoms with Gasteiger partial charge in [-0.2, -0.15) is 5.10 Å². The molecule has 2 aromatic heterocycles. The van der Waals surface area contributed by atoms with E-state index in [9.17, 15) is 8.42 Å². The Kier molecular flexibility index (Phi) is 4.92.